The van der Waals surface area contributed by atoms with Gasteiger partial charge in [0, 0.05) is 19.5 Å². The first-order valence-corrected chi connectivity index (χ1v) is 10.4. The van der Waals surface area contributed by atoms with Gasteiger partial charge in [-0.3, -0.25) is 4.79 Å². The van der Waals surface area contributed by atoms with Crippen LogP contribution < -0.4 is 0 Å². The molecule has 1 saturated heterocycles. The smallest absolute Gasteiger partial charge is 0.222 e. The van der Waals surface area contributed by atoms with Gasteiger partial charge < -0.3 is 4.90 Å². The molecule has 2 aromatic carbocycles. The number of carbonyl (C=O) groups excluding carboxylic acids is 1. The number of hydrogen-bond donors (Lipinski definition) is 0. The number of sulfone groups is 1. The summed E-state index contributed by atoms with van der Waals surface area (Å²) in [6, 6.07) is 19.2. The predicted octanol–water partition coefficient (Wildman–Crippen LogP) is 3.01. The van der Waals surface area contributed by atoms with Gasteiger partial charge in [0.05, 0.1) is 11.0 Å². The van der Waals surface area contributed by atoms with E-state index >= 15 is 0 Å². The van der Waals surface area contributed by atoms with Crippen LogP contribution in [0.2, 0.25) is 0 Å². The lowest BCUT2D eigenvalue weighted by molar-refractivity contribution is -0.130. The topological polar surface area (TPSA) is 54.5 Å². The Hall–Kier alpha value is -2.14. The molecule has 1 atom stereocenters. The Kier molecular flexibility index (Phi) is 5.53. The van der Waals surface area contributed by atoms with Gasteiger partial charge in [-0.15, -0.1) is 0 Å². The van der Waals surface area contributed by atoms with Crippen molar-refractivity contribution < 1.29 is 13.2 Å². The van der Waals surface area contributed by atoms with Crippen LogP contribution in [-0.2, 0) is 21.1 Å². The van der Waals surface area contributed by atoms with E-state index in [4.69, 9.17) is 0 Å². The number of benzene rings is 2. The maximum Gasteiger partial charge on any atom is 0.222 e. The molecular weight excluding hydrogens is 334 g/mol. The summed E-state index contributed by atoms with van der Waals surface area (Å²) in [7, 11) is -3.24. The first kappa shape index (κ1) is 17.7. The monoisotopic (exact) mass is 357 g/mol. The van der Waals surface area contributed by atoms with Crippen LogP contribution in [0.1, 0.15) is 29.2 Å². The highest BCUT2D eigenvalue weighted by molar-refractivity contribution is 7.91. The quantitative estimate of drug-likeness (QED) is 0.845. The average molecular weight is 357 g/mol. The number of hydrogen-bond acceptors (Lipinski definition) is 3. The van der Waals surface area contributed by atoms with Gasteiger partial charge in [0.1, 0.15) is 0 Å². The molecule has 2 aromatic rings. The van der Waals surface area contributed by atoms with Crippen LogP contribution in [0, 0.1) is 0 Å². The molecule has 1 fully saturated rings. The first-order chi connectivity index (χ1) is 12.1. The fourth-order valence-electron chi connectivity index (χ4n) is 3.29. The van der Waals surface area contributed by atoms with Crippen LogP contribution in [-0.4, -0.2) is 38.1 Å². The summed E-state index contributed by atoms with van der Waals surface area (Å²) in [5.74, 6) is 0.0664. The van der Waals surface area contributed by atoms with Crippen molar-refractivity contribution in [2.45, 2.75) is 24.5 Å². The van der Waals surface area contributed by atoms with E-state index in [1.165, 1.54) is 0 Å². The molecule has 132 valence electrons. The zero-order chi connectivity index (χ0) is 17.7. The van der Waals surface area contributed by atoms with Gasteiger partial charge in [-0.05, 0) is 24.0 Å². The first-order valence-electron chi connectivity index (χ1n) is 8.64. The summed E-state index contributed by atoms with van der Waals surface area (Å²) in [5, 5.41) is -0.513. The average Bonchev–Trinajstić information content (AvgIpc) is 2.79. The van der Waals surface area contributed by atoms with Crippen LogP contribution >= 0.6 is 0 Å². The van der Waals surface area contributed by atoms with Crippen molar-refractivity contribution in [3.8, 4) is 0 Å². The SMILES string of the molecule is O=C(CCc1ccccc1)N1CCC(c2ccccc2)S(=O)(=O)CC1. The Morgan fingerprint density at radius 1 is 0.960 bits per heavy atom. The standard InChI is InChI=1S/C20H23NO3S/c22-20(12-11-17-7-3-1-4-8-17)21-14-13-19(25(23,24)16-15-21)18-9-5-2-6-10-18/h1-10,19H,11-16H2. The molecule has 0 radical (unpaired) electrons. The molecule has 5 heteroatoms. The Morgan fingerprint density at radius 2 is 1.60 bits per heavy atom. The zero-order valence-corrected chi connectivity index (χ0v) is 15.0. The molecule has 1 heterocycles. The number of aryl methyl sites for hydroxylation is 1. The van der Waals surface area contributed by atoms with Gasteiger partial charge in [-0.2, -0.15) is 0 Å². The van der Waals surface area contributed by atoms with Gasteiger partial charge in [0.2, 0.25) is 5.91 Å². The van der Waals surface area contributed by atoms with E-state index in [1.54, 1.807) is 4.90 Å². The molecule has 0 aliphatic carbocycles. The highest BCUT2D eigenvalue weighted by Crippen LogP contribution is 2.29. The van der Waals surface area contributed by atoms with E-state index in [0.717, 1.165) is 11.1 Å². The van der Waals surface area contributed by atoms with E-state index < -0.39 is 15.1 Å². The van der Waals surface area contributed by atoms with Crippen LogP contribution in [0.25, 0.3) is 0 Å². The molecule has 0 saturated carbocycles. The second-order valence-electron chi connectivity index (χ2n) is 6.42. The minimum Gasteiger partial charge on any atom is -0.342 e. The van der Waals surface area contributed by atoms with Crippen molar-refractivity contribution in [3.63, 3.8) is 0 Å². The molecule has 0 aromatic heterocycles. The predicted molar refractivity (Wildman–Crippen MR) is 98.9 cm³/mol. The number of rotatable bonds is 4. The third-order valence-electron chi connectivity index (χ3n) is 4.73. The highest BCUT2D eigenvalue weighted by Gasteiger charge is 2.32. The summed E-state index contributed by atoms with van der Waals surface area (Å²) in [6.45, 7) is 0.783. The summed E-state index contributed by atoms with van der Waals surface area (Å²) >= 11 is 0. The van der Waals surface area contributed by atoms with Crippen molar-refractivity contribution in [2.24, 2.45) is 0 Å². The van der Waals surface area contributed by atoms with Gasteiger partial charge in [-0.1, -0.05) is 60.7 Å². The van der Waals surface area contributed by atoms with E-state index in [-0.39, 0.29) is 11.7 Å². The molecule has 3 rings (SSSR count). The fourth-order valence-corrected chi connectivity index (χ4v) is 5.09. The lowest BCUT2D eigenvalue weighted by Gasteiger charge is -2.20. The van der Waals surface area contributed by atoms with E-state index in [2.05, 4.69) is 0 Å². The lowest BCUT2D eigenvalue weighted by atomic mass is 10.1. The normalized spacial score (nSPS) is 20.0. The third kappa shape index (κ3) is 4.48. The summed E-state index contributed by atoms with van der Waals surface area (Å²) in [4.78, 5) is 14.2. The Bertz CT molecular complexity index is 803. The molecule has 25 heavy (non-hydrogen) atoms. The molecule has 4 nitrogen and oxygen atoms in total. The van der Waals surface area contributed by atoms with Crippen LogP contribution in [0.3, 0.4) is 0 Å². The largest absolute Gasteiger partial charge is 0.342 e. The maximum atomic E-state index is 12.6. The Labute approximate surface area is 149 Å². The molecule has 1 amide bonds. The number of carbonyl (C=O) groups is 1. The zero-order valence-electron chi connectivity index (χ0n) is 14.2. The van der Waals surface area contributed by atoms with Crippen LogP contribution in [0.5, 0.6) is 0 Å². The highest BCUT2D eigenvalue weighted by atomic mass is 32.2. The van der Waals surface area contributed by atoms with E-state index in [0.29, 0.717) is 32.4 Å². The third-order valence-corrected chi connectivity index (χ3v) is 6.86. The molecular formula is C20H23NO3S. The van der Waals surface area contributed by atoms with Gasteiger partial charge >= 0.3 is 0 Å². The second kappa shape index (κ2) is 7.83. The Balaban J connectivity index is 1.65. The molecule has 0 N–H and O–H groups in total. The minimum absolute atomic E-state index is 0.0314. The number of nitrogens with zero attached hydrogens (tertiary/aromatic N) is 1. The van der Waals surface area contributed by atoms with Crippen LogP contribution in [0.4, 0.5) is 0 Å². The van der Waals surface area contributed by atoms with E-state index in [9.17, 15) is 13.2 Å². The fraction of sp³-hybridized carbons (Fsp3) is 0.350. The second-order valence-corrected chi connectivity index (χ2v) is 8.72. The molecule has 1 unspecified atom stereocenters. The molecule has 0 bridgehead atoms. The lowest BCUT2D eigenvalue weighted by Crippen LogP contribution is -2.33. The Morgan fingerprint density at radius 3 is 2.28 bits per heavy atom. The summed E-state index contributed by atoms with van der Waals surface area (Å²) < 4.78 is 25.2. The summed E-state index contributed by atoms with van der Waals surface area (Å²) in [5.41, 5.74) is 1.95. The van der Waals surface area contributed by atoms with Gasteiger partial charge in [0.15, 0.2) is 9.84 Å². The van der Waals surface area contributed by atoms with Crippen LogP contribution in [0.15, 0.2) is 60.7 Å². The van der Waals surface area contributed by atoms with Gasteiger partial charge in [-0.25, -0.2) is 8.42 Å². The molecule has 1 aliphatic heterocycles. The number of amides is 1. The van der Waals surface area contributed by atoms with Crippen molar-refractivity contribution in [1.82, 2.24) is 4.90 Å². The summed E-state index contributed by atoms with van der Waals surface area (Å²) in [6.07, 6.45) is 1.56. The maximum absolute atomic E-state index is 12.6. The molecule has 0 spiro atoms. The van der Waals surface area contributed by atoms with E-state index in [1.807, 2.05) is 60.7 Å². The van der Waals surface area contributed by atoms with Crippen molar-refractivity contribution in [3.05, 3.63) is 71.8 Å². The van der Waals surface area contributed by atoms with Crippen molar-refractivity contribution in [1.29, 1.82) is 0 Å². The van der Waals surface area contributed by atoms with Gasteiger partial charge in [0.25, 0.3) is 0 Å². The van der Waals surface area contributed by atoms with Crippen molar-refractivity contribution in [2.75, 3.05) is 18.8 Å². The minimum atomic E-state index is -3.24. The molecule has 1 aliphatic rings. The van der Waals surface area contributed by atoms with Crippen molar-refractivity contribution >= 4 is 15.7 Å².